The Kier molecular flexibility index (Phi) is 5.03. The lowest BCUT2D eigenvalue weighted by molar-refractivity contribution is 0.125. The summed E-state index contributed by atoms with van der Waals surface area (Å²) in [5.41, 5.74) is 0.442. The first-order valence-corrected chi connectivity index (χ1v) is 8.82. The lowest BCUT2D eigenvalue weighted by atomic mass is 9.86. The van der Waals surface area contributed by atoms with Gasteiger partial charge in [-0.3, -0.25) is 4.79 Å². The van der Waals surface area contributed by atoms with Crippen molar-refractivity contribution in [3.05, 3.63) is 64.6 Å². The summed E-state index contributed by atoms with van der Waals surface area (Å²) >= 11 is 0. The zero-order valence-corrected chi connectivity index (χ0v) is 14.2. The molecule has 4 heteroatoms. The molecule has 0 aliphatic carbocycles. The van der Waals surface area contributed by atoms with Gasteiger partial charge < -0.3 is 9.47 Å². The van der Waals surface area contributed by atoms with E-state index in [4.69, 9.17) is 0 Å². The van der Waals surface area contributed by atoms with Crippen LogP contribution in [0.5, 0.6) is 0 Å². The van der Waals surface area contributed by atoms with E-state index in [0.29, 0.717) is 25.9 Å². The summed E-state index contributed by atoms with van der Waals surface area (Å²) in [6.07, 6.45) is 4.84. The number of alkyl halides is 1. The third-order valence-corrected chi connectivity index (χ3v) is 4.94. The maximum absolute atomic E-state index is 15.2. The van der Waals surface area contributed by atoms with E-state index in [2.05, 4.69) is 11.8 Å². The van der Waals surface area contributed by atoms with Crippen molar-refractivity contribution >= 4 is 5.69 Å². The van der Waals surface area contributed by atoms with Crippen molar-refractivity contribution in [2.45, 2.75) is 44.8 Å². The number of halogens is 1. The van der Waals surface area contributed by atoms with Crippen LogP contribution in [0.15, 0.2) is 53.5 Å². The molecule has 2 aromatic rings. The molecule has 0 radical (unpaired) electrons. The highest BCUT2D eigenvalue weighted by Crippen LogP contribution is 2.37. The zero-order chi connectivity index (χ0) is 17.0. The van der Waals surface area contributed by atoms with Gasteiger partial charge in [0.2, 0.25) is 0 Å². The third kappa shape index (κ3) is 3.53. The Labute approximate surface area is 142 Å². The molecule has 0 unspecified atom stereocenters. The molecule has 0 spiro atoms. The van der Waals surface area contributed by atoms with Crippen LogP contribution >= 0.6 is 0 Å². The Bertz CT molecular complexity index is 718. The molecule has 1 aromatic carbocycles. The van der Waals surface area contributed by atoms with Crippen molar-refractivity contribution in [3.8, 4) is 0 Å². The van der Waals surface area contributed by atoms with Gasteiger partial charge in [0.15, 0.2) is 0 Å². The lowest BCUT2D eigenvalue weighted by Gasteiger charge is -2.38. The van der Waals surface area contributed by atoms with Crippen molar-refractivity contribution in [2.75, 3.05) is 18.0 Å². The summed E-state index contributed by atoms with van der Waals surface area (Å²) in [6, 6.07) is 13.1. The quantitative estimate of drug-likeness (QED) is 0.825. The molecule has 0 atom stereocenters. The number of piperidine rings is 1. The average molecular weight is 328 g/mol. The van der Waals surface area contributed by atoms with Gasteiger partial charge in [-0.25, -0.2) is 4.39 Å². The second-order valence-electron chi connectivity index (χ2n) is 6.59. The smallest absolute Gasteiger partial charge is 0.252 e. The van der Waals surface area contributed by atoms with Crippen molar-refractivity contribution < 1.29 is 4.39 Å². The van der Waals surface area contributed by atoms with Crippen molar-refractivity contribution in [3.63, 3.8) is 0 Å². The van der Waals surface area contributed by atoms with Gasteiger partial charge in [-0.15, -0.1) is 0 Å². The van der Waals surface area contributed by atoms with Crippen LogP contribution in [-0.2, 0) is 12.2 Å². The van der Waals surface area contributed by atoms with Gasteiger partial charge in [0.1, 0.15) is 5.67 Å². The largest absolute Gasteiger partial charge is 0.371 e. The molecular formula is C20H25FN2O. The molecule has 1 aromatic heterocycles. The van der Waals surface area contributed by atoms with Crippen molar-refractivity contribution in [1.29, 1.82) is 0 Å². The van der Waals surface area contributed by atoms with Gasteiger partial charge in [-0.1, -0.05) is 43.7 Å². The van der Waals surface area contributed by atoms with Crippen LogP contribution in [0.1, 0.15) is 38.2 Å². The van der Waals surface area contributed by atoms with Crippen LogP contribution in [0, 0.1) is 0 Å². The number of aromatic nitrogens is 1. The summed E-state index contributed by atoms with van der Waals surface area (Å²) in [5.74, 6) is 0. The Hall–Kier alpha value is -2.10. The molecule has 0 saturated carbocycles. The standard InChI is InChI=1S/C20H25FN2O/c1-2-3-12-23-13-9-18(16-19(23)24)22-14-10-20(21,11-15-22)17-7-5-4-6-8-17/h4-9,13,16H,2-3,10-12,14-15H2,1H3. The second-order valence-corrected chi connectivity index (χ2v) is 6.59. The molecule has 1 fully saturated rings. The molecular weight excluding hydrogens is 303 g/mol. The van der Waals surface area contributed by atoms with E-state index in [0.717, 1.165) is 30.6 Å². The third-order valence-electron chi connectivity index (χ3n) is 4.94. The number of rotatable bonds is 5. The first kappa shape index (κ1) is 16.7. The Morgan fingerprint density at radius 3 is 2.46 bits per heavy atom. The Morgan fingerprint density at radius 2 is 1.83 bits per heavy atom. The van der Waals surface area contributed by atoms with Crippen LogP contribution in [0.25, 0.3) is 0 Å². The van der Waals surface area contributed by atoms with Gasteiger partial charge in [-0.2, -0.15) is 0 Å². The van der Waals surface area contributed by atoms with E-state index in [1.807, 2.05) is 42.6 Å². The highest BCUT2D eigenvalue weighted by Gasteiger charge is 2.36. The number of aryl methyl sites for hydroxylation is 1. The molecule has 0 bridgehead atoms. The summed E-state index contributed by atoms with van der Waals surface area (Å²) in [7, 11) is 0. The highest BCUT2D eigenvalue weighted by molar-refractivity contribution is 5.45. The number of hydrogen-bond donors (Lipinski definition) is 0. The van der Waals surface area contributed by atoms with Crippen LogP contribution < -0.4 is 10.5 Å². The fourth-order valence-corrected chi connectivity index (χ4v) is 3.35. The SMILES string of the molecule is CCCCn1ccc(N2CCC(F)(c3ccccc3)CC2)cc1=O. The number of hydrogen-bond acceptors (Lipinski definition) is 2. The fraction of sp³-hybridized carbons (Fsp3) is 0.450. The van der Waals surface area contributed by atoms with E-state index in [-0.39, 0.29) is 5.56 Å². The predicted molar refractivity (Wildman–Crippen MR) is 96.3 cm³/mol. The number of benzene rings is 1. The minimum absolute atomic E-state index is 0.0288. The number of pyridine rings is 1. The molecule has 0 amide bonds. The molecule has 1 saturated heterocycles. The van der Waals surface area contributed by atoms with Crippen LogP contribution in [-0.4, -0.2) is 17.7 Å². The first-order valence-electron chi connectivity index (χ1n) is 8.82. The van der Waals surface area contributed by atoms with Crippen LogP contribution in [0.2, 0.25) is 0 Å². The van der Waals surface area contributed by atoms with E-state index < -0.39 is 5.67 Å². The van der Waals surface area contributed by atoms with Gasteiger partial charge in [0.25, 0.3) is 5.56 Å². The molecule has 0 N–H and O–H groups in total. The minimum Gasteiger partial charge on any atom is -0.371 e. The minimum atomic E-state index is -1.26. The van der Waals surface area contributed by atoms with E-state index in [1.165, 1.54) is 0 Å². The molecule has 3 nitrogen and oxygen atoms in total. The van der Waals surface area contributed by atoms with Crippen LogP contribution in [0.4, 0.5) is 10.1 Å². The predicted octanol–water partition coefficient (Wildman–Crippen LogP) is 4.11. The average Bonchev–Trinajstić information content (AvgIpc) is 2.62. The summed E-state index contributed by atoms with van der Waals surface area (Å²) in [5, 5.41) is 0. The normalized spacial score (nSPS) is 17.0. The number of anilines is 1. The van der Waals surface area contributed by atoms with Gasteiger partial charge in [0.05, 0.1) is 0 Å². The van der Waals surface area contributed by atoms with Crippen molar-refractivity contribution in [1.82, 2.24) is 4.57 Å². The fourth-order valence-electron chi connectivity index (χ4n) is 3.35. The van der Waals surface area contributed by atoms with E-state index in [1.54, 1.807) is 10.6 Å². The second kappa shape index (κ2) is 7.20. The van der Waals surface area contributed by atoms with E-state index in [9.17, 15) is 4.79 Å². The number of nitrogens with zero attached hydrogens (tertiary/aromatic N) is 2. The Balaban J connectivity index is 1.69. The lowest BCUT2D eigenvalue weighted by Crippen LogP contribution is -2.40. The van der Waals surface area contributed by atoms with Gasteiger partial charge in [0, 0.05) is 50.4 Å². The zero-order valence-electron chi connectivity index (χ0n) is 14.2. The maximum Gasteiger partial charge on any atom is 0.252 e. The molecule has 128 valence electrons. The first-order chi connectivity index (χ1) is 11.6. The van der Waals surface area contributed by atoms with Gasteiger partial charge in [-0.05, 0) is 18.1 Å². The summed E-state index contributed by atoms with van der Waals surface area (Å²) in [6.45, 7) is 4.13. The summed E-state index contributed by atoms with van der Waals surface area (Å²) in [4.78, 5) is 14.3. The topological polar surface area (TPSA) is 25.2 Å². The molecule has 1 aliphatic rings. The monoisotopic (exact) mass is 328 g/mol. The number of unbranched alkanes of at least 4 members (excludes halogenated alkanes) is 1. The molecule has 2 heterocycles. The highest BCUT2D eigenvalue weighted by atomic mass is 19.1. The van der Waals surface area contributed by atoms with Gasteiger partial charge >= 0.3 is 0 Å². The van der Waals surface area contributed by atoms with Crippen LogP contribution in [0.3, 0.4) is 0 Å². The molecule has 24 heavy (non-hydrogen) atoms. The van der Waals surface area contributed by atoms with Crippen molar-refractivity contribution in [2.24, 2.45) is 0 Å². The molecule has 1 aliphatic heterocycles. The summed E-state index contributed by atoms with van der Waals surface area (Å²) < 4.78 is 16.9. The molecule has 3 rings (SSSR count). The Morgan fingerprint density at radius 1 is 1.12 bits per heavy atom. The maximum atomic E-state index is 15.2. The van der Waals surface area contributed by atoms with E-state index >= 15 is 4.39 Å².